The molecule has 0 unspecified atom stereocenters. The quantitative estimate of drug-likeness (QED) is 0.433. The van der Waals surface area contributed by atoms with E-state index in [9.17, 15) is 0 Å². The molecule has 0 spiro atoms. The van der Waals surface area contributed by atoms with E-state index >= 15 is 0 Å². The molecule has 0 N–H and O–H groups in total. The van der Waals surface area contributed by atoms with E-state index < -0.39 is 0 Å². The van der Waals surface area contributed by atoms with Crippen LogP contribution in [0, 0.1) is 0 Å². The topological polar surface area (TPSA) is 3.24 Å². The molecule has 32 valence electrons. The molecule has 2 heteroatoms. The van der Waals surface area contributed by atoms with Gasteiger partial charge in [-0.3, -0.25) is 0 Å². The Morgan fingerprint density at radius 3 is 1.00 bits per heavy atom. The molecule has 0 heterocycles. The SMILES string of the molecule is CN(C)C.[SnH3+]. The van der Waals surface area contributed by atoms with Crippen LogP contribution in [0.3, 0.4) is 0 Å². The third kappa shape index (κ3) is 62.9. The van der Waals surface area contributed by atoms with Gasteiger partial charge in [0, 0.05) is 0 Å². The van der Waals surface area contributed by atoms with E-state index in [-0.39, 0.29) is 23.9 Å². The molecular weight excluding hydrogens is 169 g/mol. The molecule has 0 aromatic rings. The summed E-state index contributed by atoms with van der Waals surface area (Å²) in [5.41, 5.74) is 0. The van der Waals surface area contributed by atoms with Gasteiger partial charge >= 0.3 is 23.9 Å². The van der Waals surface area contributed by atoms with Crippen molar-refractivity contribution in [1.29, 1.82) is 0 Å². The van der Waals surface area contributed by atoms with E-state index in [4.69, 9.17) is 0 Å². The van der Waals surface area contributed by atoms with Crippen molar-refractivity contribution in [2.45, 2.75) is 0 Å². The normalized spacial score (nSPS) is 7.20. The summed E-state index contributed by atoms with van der Waals surface area (Å²) in [6, 6.07) is 0. The van der Waals surface area contributed by atoms with Gasteiger partial charge in [-0.05, 0) is 21.1 Å². The summed E-state index contributed by atoms with van der Waals surface area (Å²) in [6.07, 6.45) is 0. The van der Waals surface area contributed by atoms with Gasteiger partial charge in [0.05, 0.1) is 0 Å². The molecule has 0 aromatic carbocycles. The van der Waals surface area contributed by atoms with Crippen molar-refractivity contribution >= 4 is 23.9 Å². The fraction of sp³-hybridized carbons (Fsp3) is 1.00. The Bertz CT molecular complexity index is 11.6. The van der Waals surface area contributed by atoms with Crippen LogP contribution in [0.1, 0.15) is 0 Å². The van der Waals surface area contributed by atoms with Crippen molar-refractivity contribution in [3.8, 4) is 0 Å². The monoisotopic (exact) mass is 182 g/mol. The van der Waals surface area contributed by atoms with Gasteiger partial charge < -0.3 is 4.90 Å². The van der Waals surface area contributed by atoms with Crippen LogP contribution in [0.5, 0.6) is 0 Å². The van der Waals surface area contributed by atoms with Gasteiger partial charge in [-0.15, -0.1) is 0 Å². The van der Waals surface area contributed by atoms with Crippen molar-refractivity contribution < 1.29 is 0 Å². The van der Waals surface area contributed by atoms with Crippen LogP contribution in [0.2, 0.25) is 0 Å². The maximum absolute atomic E-state index is 2.00. The molecule has 0 aromatic heterocycles. The number of hydrogen-bond donors (Lipinski definition) is 0. The Kier molecular flexibility index (Phi) is 8.79. The standard InChI is InChI=1S/C3H9N.Sn.3H/c1-4(2)3;;;;/h1-3H3;;;;/q;+1;;;. The third-order valence-corrected chi connectivity index (χ3v) is 0. The molecule has 0 aliphatic carbocycles. The Morgan fingerprint density at radius 2 is 1.00 bits per heavy atom. The second kappa shape index (κ2) is 4.76. The number of hydrogen-bond acceptors (Lipinski definition) is 1. The van der Waals surface area contributed by atoms with E-state index in [1.165, 1.54) is 0 Å². The molecule has 0 bridgehead atoms. The third-order valence-electron chi connectivity index (χ3n) is 0. The van der Waals surface area contributed by atoms with E-state index in [1.807, 2.05) is 26.0 Å². The molecule has 0 atom stereocenters. The molecule has 1 nitrogen and oxygen atoms in total. The van der Waals surface area contributed by atoms with Gasteiger partial charge in [0.1, 0.15) is 0 Å². The Labute approximate surface area is 50.3 Å². The first-order chi connectivity index (χ1) is 1.73. The number of nitrogens with zero attached hydrogens (tertiary/aromatic N) is 1. The van der Waals surface area contributed by atoms with Crippen molar-refractivity contribution in [1.82, 2.24) is 4.90 Å². The molecule has 0 aliphatic heterocycles. The first kappa shape index (κ1) is 9.23. The molecule has 0 rings (SSSR count). The van der Waals surface area contributed by atoms with Crippen molar-refractivity contribution in [2.24, 2.45) is 0 Å². The first-order valence-electron chi connectivity index (χ1n) is 1.34. The minimum atomic E-state index is 0. The zero-order chi connectivity index (χ0) is 3.58. The summed E-state index contributed by atoms with van der Waals surface area (Å²) in [7, 11) is 6.00. The van der Waals surface area contributed by atoms with Crippen LogP contribution in [-0.4, -0.2) is 50.0 Å². The van der Waals surface area contributed by atoms with Crippen LogP contribution in [0.25, 0.3) is 0 Å². The summed E-state index contributed by atoms with van der Waals surface area (Å²) in [5, 5.41) is 0. The second-order valence-electron chi connectivity index (χ2n) is 1.34. The zero-order valence-corrected chi connectivity index (χ0v) is 10.2. The molecular formula is C3H12NSn+. The van der Waals surface area contributed by atoms with E-state index in [1.54, 1.807) is 0 Å². The molecule has 0 fully saturated rings. The van der Waals surface area contributed by atoms with Gasteiger partial charge in [-0.25, -0.2) is 0 Å². The summed E-state index contributed by atoms with van der Waals surface area (Å²) >= 11 is 0. The van der Waals surface area contributed by atoms with Gasteiger partial charge in [-0.2, -0.15) is 0 Å². The fourth-order valence-electron chi connectivity index (χ4n) is 0. The van der Waals surface area contributed by atoms with Crippen LogP contribution < -0.4 is 0 Å². The van der Waals surface area contributed by atoms with Crippen molar-refractivity contribution in [3.05, 3.63) is 0 Å². The van der Waals surface area contributed by atoms with Crippen LogP contribution in [0.15, 0.2) is 0 Å². The summed E-state index contributed by atoms with van der Waals surface area (Å²) < 4.78 is 0. The predicted octanol–water partition coefficient (Wildman–Crippen LogP) is -1.01. The van der Waals surface area contributed by atoms with Crippen LogP contribution >= 0.6 is 0 Å². The molecule has 0 aliphatic rings. The first-order valence-corrected chi connectivity index (χ1v) is 1.34. The van der Waals surface area contributed by atoms with Gasteiger partial charge in [0.15, 0.2) is 0 Å². The average molecular weight is 181 g/mol. The van der Waals surface area contributed by atoms with Crippen molar-refractivity contribution in [3.63, 3.8) is 0 Å². The van der Waals surface area contributed by atoms with E-state index in [2.05, 4.69) is 0 Å². The predicted molar refractivity (Wildman–Crippen MR) is 29.5 cm³/mol. The van der Waals surface area contributed by atoms with E-state index in [0.717, 1.165) is 0 Å². The van der Waals surface area contributed by atoms with Gasteiger partial charge in [-0.1, -0.05) is 0 Å². The summed E-state index contributed by atoms with van der Waals surface area (Å²) in [5.74, 6) is 0. The van der Waals surface area contributed by atoms with Gasteiger partial charge in [0.2, 0.25) is 0 Å². The molecule has 0 radical (unpaired) electrons. The van der Waals surface area contributed by atoms with E-state index in [0.29, 0.717) is 0 Å². The van der Waals surface area contributed by atoms with Gasteiger partial charge in [0.25, 0.3) is 0 Å². The Balaban J connectivity index is 0. The molecule has 0 saturated carbocycles. The Morgan fingerprint density at radius 1 is 1.00 bits per heavy atom. The summed E-state index contributed by atoms with van der Waals surface area (Å²) in [4.78, 5) is 2.00. The zero-order valence-electron chi connectivity index (χ0n) is 4.45. The maximum atomic E-state index is 2.00. The molecule has 5 heavy (non-hydrogen) atoms. The Hall–Kier alpha value is 0.759. The fourth-order valence-corrected chi connectivity index (χ4v) is 0. The second-order valence-corrected chi connectivity index (χ2v) is 1.34. The van der Waals surface area contributed by atoms with Crippen molar-refractivity contribution in [2.75, 3.05) is 21.1 Å². The molecule has 0 amide bonds. The number of rotatable bonds is 0. The minimum absolute atomic E-state index is 0. The summed E-state index contributed by atoms with van der Waals surface area (Å²) in [6.45, 7) is 0. The van der Waals surface area contributed by atoms with Crippen LogP contribution in [0.4, 0.5) is 0 Å². The van der Waals surface area contributed by atoms with Crippen LogP contribution in [-0.2, 0) is 0 Å². The molecule has 0 saturated heterocycles. The average Bonchev–Trinajstić information content (AvgIpc) is 0.811.